The van der Waals surface area contributed by atoms with Gasteiger partial charge in [-0.05, 0) is 48.6 Å². The van der Waals surface area contributed by atoms with Crippen LogP contribution in [-0.2, 0) is 28.5 Å². The van der Waals surface area contributed by atoms with Crippen molar-refractivity contribution in [1.29, 1.82) is 0 Å². The van der Waals surface area contributed by atoms with Crippen molar-refractivity contribution < 1.29 is 28.5 Å². The molecule has 0 spiro atoms. The number of methoxy groups -OCH3 is 2. The Balaban J connectivity index is 1.62. The van der Waals surface area contributed by atoms with E-state index in [2.05, 4.69) is 0 Å². The summed E-state index contributed by atoms with van der Waals surface area (Å²) in [7, 11) is 3.05. The Bertz CT molecular complexity index is 900. The molecule has 206 valence electrons. The van der Waals surface area contributed by atoms with Gasteiger partial charge in [-0.25, -0.2) is 9.59 Å². The van der Waals surface area contributed by atoms with Gasteiger partial charge in [0, 0.05) is 14.2 Å². The van der Waals surface area contributed by atoms with Crippen LogP contribution in [0.25, 0.3) is 0 Å². The second-order valence-corrected chi connectivity index (χ2v) is 10.7. The zero-order valence-electron chi connectivity index (χ0n) is 22.8. The van der Waals surface area contributed by atoms with Gasteiger partial charge in [-0.15, -0.1) is 0 Å². The number of hydrogen-bond donors (Lipinski definition) is 0. The number of benzene rings is 2. The molecule has 0 aliphatic heterocycles. The van der Waals surface area contributed by atoms with Crippen LogP contribution in [0.5, 0.6) is 0 Å². The van der Waals surface area contributed by atoms with Crippen molar-refractivity contribution in [3.8, 4) is 0 Å². The molecule has 2 fully saturated rings. The molecule has 38 heavy (non-hydrogen) atoms. The highest BCUT2D eigenvalue weighted by molar-refractivity contribution is 5.78. The molecule has 0 N–H and O–H groups in total. The maximum atomic E-state index is 13.6. The van der Waals surface area contributed by atoms with E-state index in [9.17, 15) is 9.59 Å². The average molecular weight is 523 g/mol. The van der Waals surface area contributed by atoms with Gasteiger partial charge in [-0.3, -0.25) is 0 Å². The number of esters is 2. The smallest absolute Gasteiger partial charge is 0.340 e. The maximum Gasteiger partial charge on any atom is 0.340 e. The van der Waals surface area contributed by atoms with Crippen molar-refractivity contribution in [2.45, 2.75) is 88.6 Å². The van der Waals surface area contributed by atoms with Crippen molar-refractivity contribution in [1.82, 2.24) is 0 Å². The molecule has 2 aromatic carbocycles. The van der Waals surface area contributed by atoms with Crippen molar-refractivity contribution in [2.75, 3.05) is 14.2 Å². The van der Waals surface area contributed by atoms with Gasteiger partial charge >= 0.3 is 11.9 Å². The first-order valence-corrected chi connectivity index (χ1v) is 14.2. The van der Waals surface area contributed by atoms with E-state index in [1.165, 1.54) is 27.1 Å². The van der Waals surface area contributed by atoms with Gasteiger partial charge in [-0.2, -0.15) is 0 Å². The molecule has 0 unspecified atom stereocenters. The summed E-state index contributed by atoms with van der Waals surface area (Å²) in [6.07, 6.45) is 7.79. The monoisotopic (exact) mass is 522 g/mol. The lowest BCUT2D eigenvalue weighted by Gasteiger charge is -2.40. The van der Waals surface area contributed by atoms with E-state index in [1.807, 2.05) is 60.7 Å². The molecule has 0 aromatic heterocycles. The van der Waals surface area contributed by atoms with Crippen molar-refractivity contribution in [2.24, 2.45) is 11.8 Å². The van der Waals surface area contributed by atoms with Gasteiger partial charge in [0.2, 0.25) is 0 Å². The molecule has 6 nitrogen and oxygen atoms in total. The lowest BCUT2D eigenvalue weighted by Crippen LogP contribution is -2.47. The molecule has 0 heterocycles. The van der Waals surface area contributed by atoms with Crippen LogP contribution in [-0.4, -0.2) is 38.4 Å². The molecule has 2 aromatic rings. The quantitative estimate of drug-likeness (QED) is 0.304. The average Bonchev–Trinajstić information content (AvgIpc) is 2.98. The molecule has 2 aliphatic carbocycles. The largest absolute Gasteiger partial charge is 0.456 e. The van der Waals surface area contributed by atoms with E-state index in [1.54, 1.807) is 0 Å². The molecule has 6 heteroatoms. The Labute approximate surface area is 227 Å². The SMILES string of the molecule is CO[C@@H](C(=O)O[C@H](C1CCCCC1)[C@H](OC(=O)[C@H](OC)c1ccccc1)C1CCCCC1)c1ccccc1. The molecule has 0 bridgehead atoms. The molecule has 4 atom stereocenters. The van der Waals surface area contributed by atoms with Gasteiger partial charge < -0.3 is 18.9 Å². The van der Waals surface area contributed by atoms with E-state index in [4.69, 9.17) is 18.9 Å². The van der Waals surface area contributed by atoms with E-state index in [0.29, 0.717) is 0 Å². The van der Waals surface area contributed by atoms with Crippen LogP contribution >= 0.6 is 0 Å². The summed E-state index contributed by atoms with van der Waals surface area (Å²) in [5, 5.41) is 0. The van der Waals surface area contributed by atoms with Gasteiger partial charge in [0.25, 0.3) is 0 Å². The molecule has 2 saturated carbocycles. The molecule has 0 amide bonds. The number of rotatable bonds is 11. The Morgan fingerprint density at radius 2 is 0.921 bits per heavy atom. The molecular formula is C32H42O6. The van der Waals surface area contributed by atoms with E-state index in [0.717, 1.165) is 62.5 Å². The summed E-state index contributed by atoms with van der Waals surface area (Å²) in [4.78, 5) is 27.2. The van der Waals surface area contributed by atoms with Crippen LogP contribution in [0, 0.1) is 11.8 Å². The van der Waals surface area contributed by atoms with E-state index >= 15 is 0 Å². The van der Waals surface area contributed by atoms with Crippen LogP contribution in [0.15, 0.2) is 60.7 Å². The fraction of sp³-hybridized carbons (Fsp3) is 0.562. The summed E-state index contributed by atoms with van der Waals surface area (Å²) in [6.45, 7) is 0. The number of carbonyl (C=O) groups is 2. The Kier molecular flexibility index (Phi) is 10.8. The van der Waals surface area contributed by atoms with Gasteiger partial charge in [-0.1, -0.05) is 99.2 Å². The molecule has 4 rings (SSSR count). The fourth-order valence-electron chi connectivity index (χ4n) is 6.17. The lowest BCUT2D eigenvalue weighted by molar-refractivity contribution is -0.192. The summed E-state index contributed by atoms with van der Waals surface area (Å²) in [6, 6.07) is 18.8. The molecule has 0 radical (unpaired) electrons. The minimum atomic E-state index is -0.832. The highest BCUT2D eigenvalue weighted by Crippen LogP contribution is 2.38. The van der Waals surface area contributed by atoms with Crippen molar-refractivity contribution >= 4 is 11.9 Å². The Morgan fingerprint density at radius 1 is 0.579 bits per heavy atom. The van der Waals surface area contributed by atoms with Gasteiger partial charge in [0.05, 0.1) is 0 Å². The van der Waals surface area contributed by atoms with Crippen LogP contribution in [0.3, 0.4) is 0 Å². The van der Waals surface area contributed by atoms with Crippen LogP contribution in [0.4, 0.5) is 0 Å². The third-order valence-corrected chi connectivity index (χ3v) is 8.16. The standard InChI is InChI=1S/C32H42O6/c1-35-29(25-19-11-5-12-20-25)31(33)37-27(23-15-7-3-8-16-23)28(24-17-9-4-10-18-24)38-32(34)30(36-2)26-21-13-6-14-22-26/h5-6,11-14,19-24,27-30H,3-4,7-10,15-18H2,1-2H3/t27-,28-,29-,30-/m1/s1. The second kappa shape index (κ2) is 14.5. The molecule has 0 saturated heterocycles. The molecular weight excluding hydrogens is 480 g/mol. The highest BCUT2D eigenvalue weighted by Gasteiger charge is 2.43. The summed E-state index contributed by atoms with van der Waals surface area (Å²) < 4.78 is 23.9. The number of carbonyl (C=O) groups excluding carboxylic acids is 2. The van der Waals surface area contributed by atoms with Gasteiger partial charge in [0.1, 0.15) is 12.2 Å². The number of hydrogen-bond acceptors (Lipinski definition) is 6. The summed E-state index contributed by atoms with van der Waals surface area (Å²) in [5.74, 6) is -0.591. The highest BCUT2D eigenvalue weighted by atomic mass is 16.6. The normalized spacial score (nSPS) is 20.2. The van der Waals surface area contributed by atoms with Crippen LogP contribution < -0.4 is 0 Å². The molecule has 2 aliphatic rings. The second-order valence-electron chi connectivity index (χ2n) is 10.7. The zero-order valence-corrected chi connectivity index (χ0v) is 22.8. The van der Waals surface area contributed by atoms with Crippen LogP contribution in [0.1, 0.15) is 87.5 Å². The Hall–Kier alpha value is -2.70. The predicted molar refractivity (Wildman–Crippen MR) is 145 cm³/mol. The number of ether oxygens (including phenoxy) is 4. The summed E-state index contributed by atoms with van der Waals surface area (Å²) in [5.41, 5.74) is 1.49. The third kappa shape index (κ3) is 7.23. The van der Waals surface area contributed by atoms with Gasteiger partial charge in [0.15, 0.2) is 12.2 Å². The topological polar surface area (TPSA) is 71.1 Å². The maximum absolute atomic E-state index is 13.6. The first-order chi connectivity index (χ1) is 18.6. The Morgan fingerprint density at radius 3 is 1.24 bits per heavy atom. The van der Waals surface area contributed by atoms with Crippen molar-refractivity contribution in [3.63, 3.8) is 0 Å². The first kappa shape index (κ1) is 28.3. The van der Waals surface area contributed by atoms with Crippen LogP contribution in [0.2, 0.25) is 0 Å². The third-order valence-electron chi connectivity index (χ3n) is 8.16. The van der Waals surface area contributed by atoms with E-state index < -0.39 is 36.4 Å². The minimum absolute atomic E-state index is 0.137. The van der Waals surface area contributed by atoms with Crippen molar-refractivity contribution in [3.05, 3.63) is 71.8 Å². The summed E-state index contributed by atoms with van der Waals surface area (Å²) >= 11 is 0. The minimum Gasteiger partial charge on any atom is -0.456 e. The van der Waals surface area contributed by atoms with E-state index in [-0.39, 0.29) is 11.8 Å². The predicted octanol–water partition coefficient (Wildman–Crippen LogP) is 6.75. The first-order valence-electron chi connectivity index (χ1n) is 14.2. The zero-order chi connectivity index (χ0) is 26.7. The lowest BCUT2D eigenvalue weighted by atomic mass is 9.76. The fourth-order valence-corrected chi connectivity index (χ4v) is 6.17.